The Morgan fingerprint density at radius 3 is 2.87 bits per heavy atom. The van der Waals surface area contributed by atoms with Crippen LogP contribution in [0.25, 0.3) is 0 Å². The number of aromatic nitrogens is 1. The van der Waals surface area contributed by atoms with Crippen LogP contribution in [0.1, 0.15) is 23.8 Å². The van der Waals surface area contributed by atoms with E-state index in [1.54, 1.807) is 13.1 Å². The number of aryl methyl sites for hydroxylation is 1. The monoisotopic (exact) mass is 274 g/mol. The van der Waals surface area contributed by atoms with Crippen molar-refractivity contribution in [1.82, 2.24) is 9.63 Å². The molecule has 0 aliphatic heterocycles. The van der Waals surface area contributed by atoms with Gasteiger partial charge in [-0.3, -0.25) is 9.63 Å². The van der Waals surface area contributed by atoms with Crippen molar-refractivity contribution in [3.8, 4) is 0 Å². The summed E-state index contributed by atoms with van der Waals surface area (Å²) in [6, 6.07) is 1.80. The molecule has 84 valence electrons. The summed E-state index contributed by atoms with van der Waals surface area (Å²) in [5.74, 6) is -0.142. The van der Waals surface area contributed by atoms with Crippen molar-refractivity contribution in [2.45, 2.75) is 19.9 Å². The maximum atomic E-state index is 11.8. The maximum absolute atomic E-state index is 11.8. The Balaban J connectivity index is 2.96. The molecule has 0 unspecified atom stereocenters. The largest absolute Gasteiger partial charge is 0.342 e. The smallest absolute Gasteiger partial charge is 0.293 e. The molecule has 5 heteroatoms. The Hall–Kier alpha value is -0.810. The van der Waals surface area contributed by atoms with E-state index < -0.39 is 0 Å². The van der Waals surface area contributed by atoms with Gasteiger partial charge in [0.15, 0.2) is 0 Å². The van der Waals surface area contributed by atoms with E-state index in [0.29, 0.717) is 5.69 Å². The number of hydrogen-bond donors (Lipinski definition) is 0. The molecule has 0 bridgehead atoms. The Morgan fingerprint density at radius 2 is 2.33 bits per heavy atom. The summed E-state index contributed by atoms with van der Waals surface area (Å²) in [6.45, 7) is 2.90. The van der Waals surface area contributed by atoms with Crippen LogP contribution in [-0.2, 0) is 11.4 Å². The average Bonchev–Trinajstić information content (AvgIpc) is 2.58. The third kappa shape index (κ3) is 2.82. The molecule has 1 aromatic heterocycles. The molecular weight excluding hydrogens is 260 g/mol. The van der Waals surface area contributed by atoms with E-state index in [1.807, 2.05) is 10.8 Å². The summed E-state index contributed by atoms with van der Waals surface area (Å²) in [4.78, 5) is 16.7. The molecule has 1 aromatic rings. The molecule has 0 aromatic carbocycles. The number of hydroxylamine groups is 2. The molecule has 0 saturated carbocycles. The third-order valence-corrected chi connectivity index (χ3v) is 2.54. The highest BCUT2D eigenvalue weighted by atomic mass is 79.9. The van der Waals surface area contributed by atoms with Gasteiger partial charge in [-0.15, -0.1) is 0 Å². The van der Waals surface area contributed by atoms with Crippen molar-refractivity contribution in [2.75, 3.05) is 14.2 Å². The molecule has 4 nitrogen and oxygen atoms in total. The van der Waals surface area contributed by atoms with Crippen molar-refractivity contribution in [3.05, 3.63) is 22.4 Å². The number of amides is 1. The standard InChI is InChI=1S/C10H15BrN2O2/c1-4-5-13-7-8(11)6-9(13)10(14)12(2)15-3/h6-7H,4-5H2,1-3H3. The predicted octanol–water partition coefficient (Wildman–Crippen LogP) is 2.29. The molecule has 0 fully saturated rings. The Morgan fingerprint density at radius 1 is 1.67 bits per heavy atom. The molecule has 1 rings (SSSR count). The Labute approximate surface area is 97.9 Å². The van der Waals surface area contributed by atoms with E-state index in [-0.39, 0.29) is 5.91 Å². The molecular formula is C10H15BrN2O2. The maximum Gasteiger partial charge on any atom is 0.293 e. The highest BCUT2D eigenvalue weighted by Gasteiger charge is 2.16. The van der Waals surface area contributed by atoms with Gasteiger partial charge in [0.2, 0.25) is 0 Å². The molecule has 0 atom stereocenters. The van der Waals surface area contributed by atoms with Crippen molar-refractivity contribution < 1.29 is 9.63 Å². The van der Waals surface area contributed by atoms with Crippen LogP contribution in [-0.4, -0.2) is 29.7 Å². The van der Waals surface area contributed by atoms with Gasteiger partial charge in [-0.25, -0.2) is 5.06 Å². The Kier molecular flexibility index (Phi) is 4.35. The zero-order valence-corrected chi connectivity index (χ0v) is 10.7. The zero-order chi connectivity index (χ0) is 11.4. The van der Waals surface area contributed by atoms with Gasteiger partial charge in [-0.1, -0.05) is 6.92 Å². The first kappa shape index (κ1) is 12.3. The molecule has 15 heavy (non-hydrogen) atoms. The second kappa shape index (κ2) is 5.32. The van der Waals surface area contributed by atoms with E-state index in [9.17, 15) is 4.79 Å². The molecule has 1 heterocycles. The van der Waals surface area contributed by atoms with Crippen molar-refractivity contribution in [1.29, 1.82) is 0 Å². The van der Waals surface area contributed by atoms with Gasteiger partial charge >= 0.3 is 0 Å². The van der Waals surface area contributed by atoms with Crippen LogP contribution in [0.2, 0.25) is 0 Å². The lowest BCUT2D eigenvalue weighted by Gasteiger charge is -2.14. The minimum absolute atomic E-state index is 0.142. The number of hydrogen-bond acceptors (Lipinski definition) is 2. The fourth-order valence-corrected chi connectivity index (χ4v) is 1.79. The van der Waals surface area contributed by atoms with Crippen LogP contribution < -0.4 is 0 Å². The van der Waals surface area contributed by atoms with Gasteiger partial charge in [0.1, 0.15) is 5.69 Å². The van der Waals surface area contributed by atoms with Gasteiger partial charge in [0, 0.05) is 24.3 Å². The first-order valence-electron chi connectivity index (χ1n) is 4.78. The normalized spacial score (nSPS) is 10.4. The van der Waals surface area contributed by atoms with E-state index >= 15 is 0 Å². The van der Waals surface area contributed by atoms with Gasteiger partial charge in [0.25, 0.3) is 5.91 Å². The van der Waals surface area contributed by atoms with E-state index in [4.69, 9.17) is 4.84 Å². The number of rotatable bonds is 4. The van der Waals surface area contributed by atoms with Crippen LogP contribution in [0, 0.1) is 0 Å². The van der Waals surface area contributed by atoms with Gasteiger partial charge in [-0.05, 0) is 28.4 Å². The van der Waals surface area contributed by atoms with Crippen molar-refractivity contribution in [3.63, 3.8) is 0 Å². The van der Waals surface area contributed by atoms with E-state index in [2.05, 4.69) is 22.9 Å². The SMILES string of the molecule is CCCn1cc(Br)cc1C(=O)N(C)OC. The molecule has 0 N–H and O–H groups in total. The molecule has 0 radical (unpaired) electrons. The number of nitrogens with zero attached hydrogens (tertiary/aromatic N) is 2. The molecule has 0 spiro atoms. The van der Waals surface area contributed by atoms with Crippen molar-refractivity contribution in [2.24, 2.45) is 0 Å². The molecule has 0 aliphatic rings. The van der Waals surface area contributed by atoms with Crippen LogP contribution in [0.5, 0.6) is 0 Å². The molecule has 0 saturated heterocycles. The quantitative estimate of drug-likeness (QED) is 0.790. The van der Waals surface area contributed by atoms with Crippen molar-refractivity contribution >= 4 is 21.8 Å². The van der Waals surface area contributed by atoms with Gasteiger partial charge in [0.05, 0.1) is 7.11 Å². The lowest BCUT2D eigenvalue weighted by Crippen LogP contribution is -2.27. The highest BCUT2D eigenvalue weighted by molar-refractivity contribution is 9.10. The average molecular weight is 275 g/mol. The zero-order valence-electron chi connectivity index (χ0n) is 9.16. The second-order valence-electron chi connectivity index (χ2n) is 3.22. The summed E-state index contributed by atoms with van der Waals surface area (Å²) in [5, 5.41) is 1.22. The highest BCUT2D eigenvalue weighted by Crippen LogP contribution is 2.16. The minimum Gasteiger partial charge on any atom is -0.342 e. The second-order valence-corrected chi connectivity index (χ2v) is 4.14. The predicted molar refractivity (Wildman–Crippen MR) is 61.5 cm³/mol. The van der Waals surface area contributed by atoms with Gasteiger partial charge in [-0.2, -0.15) is 0 Å². The first-order valence-corrected chi connectivity index (χ1v) is 5.57. The van der Waals surface area contributed by atoms with Crippen LogP contribution in [0.4, 0.5) is 0 Å². The van der Waals surface area contributed by atoms with Gasteiger partial charge < -0.3 is 4.57 Å². The fraction of sp³-hybridized carbons (Fsp3) is 0.500. The van der Waals surface area contributed by atoms with Crippen LogP contribution >= 0.6 is 15.9 Å². The fourth-order valence-electron chi connectivity index (χ4n) is 1.32. The number of carbonyl (C=O) groups excluding carboxylic acids is 1. The minimum atomic E-state index is -0.142. The van der Waals surface area contributed by atoms with Crippen LogP contribution in [0.3, 0.4) is 0 Å². The number of carbonyl (C=O) groups is 1. The third-order valence-electron chi connectivity index (χ3n) is 2.11. The summed E-state index contributed by atoms with van der Waals surface area (Å²) in [6.07, 6.45) is 2.89. The lowest BCUT2D eigenvalue weighted by atomic mass is 10.4. The summed E-state index contributed by atoms with van der Waals surface area (Å²) >= 11 is 3.36. The molecule has 0 aliphatic carbocycles. The summed E-state index contributed by atoms with van der Waals surface area (Å²) < 4.78 is 2.82. The topological polar surface area (TPSA) is 34.5 Å². The van der Waals surface area contributed by atoms with Crippen LogP contribution in [0.15, 0.2) is 16.7 Å². The van der Waals surface area contributed by atoms with E-state index in [0.717, 1.165) is 17.4 Å². The Bertz CT molecular complexity index is 349. The lowest BCUT2D eigenvalue weighted by molar-refractivity contribution is -0.0763. The summed E-state index contributed by atoms with van der Waals surface area (Å²) in [5.41, 5.74) is 0.632. The summed E-state index contributed by atoms with van der Waals surface area (Å²) in [7, 11) is 3.07. The van der Waals surface area contributed by atoms with E-state index in [1.165, 1.54) is 12.2 Å². The number of halogens is 1. The molecule has 1 amide bonds. The first-order chi connectivity index (χ1) is 7.10.